The molecule has 202 valence electrons. The number of hydrogen-bond donors (Lipinski definition) is 2. The number of carbonyl (C=O) groups excluding carboxylic acids is 1. The Morgan fingerprint density at radius 3 is 2.38 bits per heavy atom. The molecule has 4 aromatic carbocycles. The molecule has 0 aliphatic carbocycles. The van der Waals surface area contributed by atoms with Crippen molar-refractivity contribution in [3.05, 3.63) is 81.8 Å². The van der Waals surface area contributed by atoms with Crippen LogP contribution in [0.25, 0.3) is 10.8 Å². The number of benzene rings is 4. The van der Waals surface area contributed by atoms with Crippen LogP contribution in [-0.4, -0.2) is 25.5 Å². The SMILES string of the molecule is CCOc1cccc(Cl)c1NC(=O)c1cc2ccccc2c(N=Nc2c(Cl)ccc(S(=O)(=O)O)c2CC)c1[O-].[Na+]. The first kappa shape index (κ1) is 31.8. The third kappa shape index (κ3) is 6.60. The molecule has 0 fully saturated rings. The first-order chi connectivity index (χ1) is 18.6. The van der Waals surface area contributed by atoms with Crippen LogP contribution in [0.4, 0.5) is 17.1 Å². The number of carbonyl (C=O) groups is 1. The van der Waals surface area contributed by atoms with Gasteiger partial charge in [-0.05, 0) is 49.1 Å². The van der Waals surface area contributed by atoms with Gasteiger partial charge in [-0.3, -0.25) is 9.35 Å². The average Bonchev–Trinajstić information content (AvgIpc) is 2.89. The van der Waals surface area contributed by atoms with Gasteiger partial charge in [0.15, 0.2) is 0 Å². The van der Waals surface area contributed by atoms with Crippen molar-refractivity contribution in [2.45, 2.75) is 25.2 Å². The molecule has 40 heavy (non-hydrogen) atoms. The van der Waals surface area contributed by atoms with Crippen LogP contribution in [0, 0.1) is 0 Å². The average molecular weight is 610 g/mol. The van der Waals surface area contributed by atoms with Crippen molar-refractivity contribution in [1.82, 2.24) is 0 Å². The van der Waals surface area contributed by atoms with Crippen LogP contribution in [0.1, 0.15) is 29.8 Å². The van der Waals surface area contributed by atoms with Crippen molar-refractivity contribution < 1.29 is 57.2 Å². The predicted molar refractivity (Wildman–Crippen MR) is 149 cm³/mol. The summed E-state index contributed by atoms with van der Waals surface area (Å²) in [5.41, 5.74) is -0.0638. The van der Waals surface area contributed by atoms with E-state index >= 15 is 0 Å². The summed E-state index contributed by atoms with van der Waals surface area (Å²) in [6, 6.07) is 15.5. The number of rotatable bonds is 8. The van der Waals surface area contributed by atoms with Gasteiger partial charge >= 0.3 is 29.6 Å². The number of ether oxygens (including phenoxy) is 1. The second kappa shape index (κ2) is 13.3. The Morgan fingerprint density at radius 2 is 1.70 bits per heavy atom. The quantitative estimate of drug-likeness (QED) is 0.175. The molecule has 0 atom stereocenters. The van der Waals surface area contributed by atoms with E-state index in [2.05, 4.69) is 15.5 Å². The molecule has 0 bridgehead atoms. The van der Waals surface area contributed by atoms with Gasteiger partial charge in [0, 0.05) is 16.5 Å². The normalized spacial score (nSPS) is 11.4. The van der Waals surface area contributed by atoms with Gasteiger partial charge in [-0.1, -0.05) is 66.2 Å². The van der Waals surface area contributed by atoms with Crippen LogP contribution >= 0.6 is 23.2 Å². The van der Waals surface area contributed by atoms with E-state index in [9.17, 15) is 22.9 Å². The maximum atomic E-state index is 13.5. The molecule has 0 spiro atoms. The number of hydrogen-bond acceptors (Lipinski definition) is 7. The van der Waals surface area contributed by atoms with E-state index in [-0.39, 0.29) is 79.1 Å². The number of nitrogens with zero attached hydrogens (tertiary/aromatic N) is 2. The number of nitrogens with one attached hydrogen (secondary N) is 1. The van der Waals surface area contributed by atoms with Crippen molar-refractivity contribution in [3.8, 4) is 11.5 Å². The molecule has 9 nitrogen and oxygen atoms in total. The Hall–Kier alpha value is -2.70. The van der Waals surface area contributed by atoms with Crippen molar-refractivity contribution >= 4 is 67.1 Å². The molecule has 4 aromatic rings. The first-order valence-electron chi connectivity index (χ1n) is 11.7. The maximum Gasteiger partial charge on any atom is 1.00 e. The fourth-order valence-electron chi connectivity index (χ4n) is 4.04. The molecular formula is C27H22Cl2N3NaO6S. The fourth-order valence-corrected chi connectivity index (χ4v) is 5.26. The van der Waals surface area contributed by atoms with Crippen LogP contribution in [0.3, 0.4) is 0 Å². The van der Waals surface area contributed by atoms with Gasteiger partial charge in [-0.2, -0.15) is 13.5 Å². The number of halogens is 2. The molecule has 13 heteroatoms. The van der Waals surface area contributed by atoms with Crippen molar-refractivity contribution in [1.29, 1.82) is 0 Å². The summed E-state index contributed by atoms with van der Waals surface area (Å²) in [7, 11) is -4.57. The van der Waals surface area contributed by atoms with E-state index in [0.29, 0.717) is 23.1 Å². The third-order valence-corrected chi connectivity index (χ3v) is 7.36. The minimum absolute atomic E-state index is 0. The van der Waals surface area contributed by atoms with Crippen LogP contribution in [0.2, 0.25) is 10.0 Å². The molecule has 2 N–H and O–H groups in total. The van der Waals surface area contributed by atoms with Gasteiger partial charge in [0.1, 0.15) is 17.1 Å². The second-order valence-corrected chi connectivity index (χ2v) is 10.4. The van der Waals surface area contributed by atoms with E-state index in [1.165, 1.54) is 18.2 Å². The van der Waals surface area contributed by atoms with Crippen LogP contribution in [-0.2, 0) is 16.5 Å². The van der Waals surface area contributed by atoms with Gasteiger partial charge in [-0.15, -0.1) is 5.11 Å². The van der Waals surface area contributed by atoms with Gasteiger partial charge in [0.05, 0.1) is 27.2 Å². The molecular weight excluding hydrogens is 588 g/mol. The number of fused-ring (bicyclic) bond motifs is 1. The zero-order valence-electron chi connectivity index (χ0n) is 21.7. The van der Waals surface area contributed by atoms with E-state index < -0.39 is 21.8 Å². The largest absolute Gasteiger partial charge is 1.00 e. The van der Waals surface area contributed by atoms with Gasteiger partial charge < -0.3 is 15.2 Å². The van der Waals surface area contributed by atoms with E-state index in [1.807, 2.05) is 0 Å². The Labute approximate surface area is 263 Å². The van der Waals surface area contributed by atoms with Crippen LogP contribution in [0.5, 0.6) is 11.5 Å². The molecule has 0 aliphatic rings. The number of azo groups is 1. The summed E-state index contributed by atoms with van der Waals surface area (Å²) in [6.45, 7) is 3.77. The maximum absolute atomic E-state index is 13.5. The minimum Gasteiger partial charge on any atom is -0.870 e. The monoisotopic (exact) mass is 609 g/mol. The molecule has 0 aromatic heterocycles. The first-order valence-corrected chi connectivity index (χ1v) is 13.9. The summed E-state index contributed by atoms with van der Waals surface area (Å²) in [5, 5.41) is 25.7. The van der Waals surface area contributed by atoms with Crippen molar-refractivity contribution in [2.75, 3.05) is 11.9 Å². The summed E-state index contributed by atoms with van der Waals surface area (Å²) < 4.78 is 38.9. The number of para-hydroxylation sites is 1. The van der Waals surface area contributed by atoms with Gasteiger partial charge in [0.2, 0.25) is 0 Å². The molecule has 0 saturated heterocycles. The number of amides is 1. The standard InChI is InChI=1S/C27H23Cl2N3O6S.Na/c1-3-16-22(39(35,36)37)13-12-20(29)23(16)31-32-24-17-9-6-5-8-15(17)14-18(26(24)33)27(34)30-25-19(28)10-7-11-21(25)38-4-2;/h5-14,33H,3-4H2,1-2H3,(H,30,34)(H,35,36,37);/q;+1/p-1. The molecule has 0 radical (unpaired) electrons. The molecule has 0 unspecified atom stereocenters. The topological polar surface area (TPSA) is 140 Å². The summed E-state index contributed by atoms with van der Waals surface area (Å²) >= 11 is 12.6. The molecule has 1 amide bonds. The predicted octanol–water partition coefficient (Wildman–Crippen LogP) is 4.10. The summed E-state index contributed by atoms with van der Waals surface area (Å²) in [5.74, 6) is -1.12. The number of anilines is 1. The van der Waals surface area contributed by atoms with E-state index in [1.54, 1.807) is 56.3 Å². The second-order valence-electron chi connectivity index (χ2n) is 8.22. The van der Waals surface area contributed by atoms with Crippen LogP contribution < -0.4 is 44.7 Å². The third-order valence-electron chi connectivity index (χ3n) is 5.81. The summed E-state index contributed by atoms with van der Waals surface area (Å²) in [4.78, 5) is 12.9. The Bertz CT molecular complexity index is 1730. The van der Waals surface area contributed by atoms with Gasteiger partial charge in [0.25, 0.3) is 16.0 Å². The smallest absolute Gasteiger partial charge is 0.870 e. The van der Waals surface area contributed by atoms with Crippen LogP contribution in [0.15, 0.2) is 75.8 Å². The Balaban J connectivity index is 0.00000441. The van der Waals surface area contributed by atoms with E-state index in [4.69, 9.17) is 27.9 Å². The van der Waals surface area contributed by atoms with Gasteiger partial charge in [-0.25, -0.2) is 0 Å². The zero-order valence-corrected chi connectivity index (χ0v) is 26.1. The molecule has 0 aliphatic heterocycles. The van der Waals surface area contributed by atoms with Crippen molar-refractivity contribution in [3.63, 3.8) is 0 Å². The van der Waals surface area contributed by atoms with Crippen molar-refractivity contribution in [2.24, 2.45) is 10.2 Å². The Morgan fingerprint density at radius 1 is 1.00 bits per heavy atom. The minimum atomic E-state index is -4.57. The summed E-state index contributed by atoms with van der Waals surface area (Å²) in [6.07, 6.45) is 0.150. The molecule has 0 saturated carbocycles. The van der Waals surface area contributed by atoms with E-state index in [0.717, 1.165) is 0 Å². The Kier molecular flexibility index (Phi) is 10.6. The fraction of sp³-hybridized carbons (Fsp3) is 0.148. The zero-order chi connectivity index (χ0) is 28.3. The molecule has 4 rings (SSSR count). The molecule has 0 heterocycles.